The molecule has 0 rings (SSSR count). The molecule has 0 aliphatic rings. The molecule has 0 unspecified atom stereocenters. The van der Waals surface area contributed by atoms with Gasteiger partial charge in [-0.25, -0.2) is 0 Å². The maximum Gasteiger partial charge on any atom is 2.00 e. The molecule has 0 saturated carbocycles. The van der Waals surface area contributed by atoms with Crippen molar-refractivity contribution in [3.63, 3.8) is 0 Å². The van der Waals surface area contributed by atoms with Crippen LogP contribution in [0.5, 0.6) is 0 Å². The van der Waals surface area contributed by atoms with Crippen molar-refractivity contribution >= 4 is 68.8 Å². The Morgan fingerprint density at radius 3 is 1.00 bits per heavy atom. The average molecular weight is 213 g/mol. The molecule has 0 fully saturated rings. The van der Waals surface area contributed by atoms with Gasteiger partial charge in [-0.1, -0.05) is 0 Å². The van der Waals surface area contributed by atoms with Gasteiger partial charge >= 0.3 is 32.1 Å². The fourth-order valence-corrected chi connectivity index (χ4v) is 0. The number of rotatable bonds is 0. The Labute approximate surface area is 96.1 Å². The third-order valence-electron chi connectivity index (χ3n) is 0. The van der Waals surface area contributed by atoms with Gasteiger partial charge in [0.2, 0.25) is 0 Å². The van der Waals surface area contributed by atoms with E-state index in [1.54, 1.807) is 0 Å². The van der Waals surface area contributed by atoms with Gasteiger partial charge in [-0.05, 0) is 11.0 Å². The van der Waals surface area contributed by atoms with Crippen molar-refractivity contribution in [2.24, 2.45) is 0 Å². The van der Waals surface area contributed by atoms with E-state index in [0.717, 1.165) is 0 Å². The Hall–Kier alpha value is 1.60. The van der Waals surface area contributed by atoms with Crippen LogP contribution in [0.25, 0.3) is 0 Å². The standard InChI is InChI=1S/Al.B.Mg.H4O4Si.H2O.H4Si.5H/c;;;1-5(2,3)4;;;;;;;/h;;;1-4H;1H2;1H4;;;;;/q;;+2;;;;;;;2*-1. The van der Waals surface area contributed by atoms with Gasteiger partial charge in [0.25, 0.3) is 0 Å². The SMILES string of the molecule is O.O[Si](O)(O)O.[AlH3].[B].[H-].[H-].[Mg+2].[SiH4]. The summed E-state index contributed by atoms with van der Waals surface area (Å²) in [4.78, 5) is 29.3. The number of hydrogen-bond acceptors (Lipinski definition) is 4. The van der Waals surface area contributed by atoms with Crippen LogP contribution in [0.4, 0.5) is 0 Å². The molecule has 0 aliphatic heterocycles. The molecule has 10 heteroatoms. The van der Waals surface area contributed by atoms with Gasteiger partial charge in [0.15, 0.2) is 17.4 Å². The minimum atomic E-state index is -4.61. The van der Waals surface area contributed by atoms with Gasteiger partial charge in [-0.3, -0.25) is 0 Å². The Balaban J connectivity index is -0.00000000381. The van der Waals surface area contributed by atoms with E-state index in [1.165, 1.54) is 0 Å². The molecule has 3 radical (unpaired) electrons. The molecule has 0 spiro atoms. The molecule has 0 bridgehead atoms. The van der Waals surface area contributed by atoms with Crippen LogP contribution in [0.3, 0.4) is 0 Å². The molecule has 0 atom stereocenters. The third-order valence-corrected chi connectivity index (χ3v) is 0. The van der Waals surface area contributed by atoms with Crippen molar-refractivity contribution in [1.29, 1.82) is 0 Å². The summed E-state index contributed by atoms with van der Waals surface area (Å²) in [5.41, 5.74) is 0. The molecule has 0 saturated heterocycles. The molecule has 0 aromatic heterocycles. The second kappa shape index (κ2) is 16.9. The normalized spacial score (nSPS) is 6.00. The van der Waals surface area contributed by atoms with Crippen molar-refractivity contribution in [2.75, 3.05) is 0 Å². The molecular formula is H15AlBMgO5Si2. The Morgan fingerprint density at radius 2 is 1.00 bits per heavy atom. The first-order valence-corrected chi connectivity index (χ1v) is 2.68. The smallest absolute Gasteiger partial charge is 1.00 e. The Kier molecular flexibility index (Phi) is 70.3. The number of hydrogen-bond donors (Lipinski definition) is 4. The Bertz CT molecular complexity index is 42.9. The maximum atomic E-state index is 7.33. The van der Waals surface area contributed by atoms with E-state index in [2.05, 4.69) is 0 Å². The van der Waals surface area contributed by atoms with Crippen LogP contribution in [0, 0.1) is 0 Å². The maximum absolute atomic E-state index is 7.33. The summed E-state index contributed by atoms with van der Waals surface area (Å²) in [7, 11) is -4.61. The molecule has 0 aromatic rings. The summed E-state index contributed by atoms with van der Waals surface area (Å²) >= 11 is 0. The zero-order valence-electron chi connectivity index (χ0n) is 6.07. The van der Waals surface area contributed by atoms with Crippen LogP contribution in [-0.4, -0.2) is 93.5 Å². The first-order chi connectivity index (χ1) is 2.00. The van der Waals surface area contributed by atoms with Gasteiger partial charge in [-0.2, -0.15) is 0 Å². The largest absolute Gasteiger partial charge is 2.00 e. The monoisotopic (exact) mass is 213 g/mol. The zero-order chi connectivity index (χ0) is 4.50. The summed E-state index contributed by atoms with van der Waals surface area (Å²) in [5.74, 6) is 0. The summed E-state index contributed by atoms with van der Waals surface area (Å²) in [5, 5.41) is 0. The van der Waals surface area contributed by atoms with E-state index in [-0.39, 0.29) is 68.1 Å². The van der Waals surface area contributed by atoms with Crippen molar-refractivity contribution < 1.29 is 27.5 Å². The van der Waals surface area contributed by atoms with Crippen LogP contribution in [-0.2, 0) is 0 Å². The van der Waals surface area contributed by atoms with Gasteiger partial charge in [0.1, 0.15) is 0 Å². The summed E-state index contributed by atoms with van der Waals surface area (Å²) in [6.07, 6.45) is 0. The van der Waals surface area contributed by atoms with E-state index in [1.807, 2.05) is 0 Å². The van der Waals surface area contributed by atoms with Gasteiger partial charge < -0.3 is 27.5 Å². The molecule has 0 amide bonds. The minimum absolute atomic E-state index is 0. The van der Waals surface area contributed by atoms with Crippen molar-refractivity contribution in [1.82, 2.24) is 0 Å². The van der Waals surface area contributed by atoms with Crippen LogP contribution in [0.1, 0.15) is 2.85 Å². The first kappa shape index (κ1) is 41.6. The predicted octanol–water partition coefficient (Wildman–Crippen LogP) is -6.61. The Morgan fingerprint density at radius 1 is 1.00 bits per heavy atom. The second-order valence-corrected chi connectivity index (χ2v) is 1.80. The molecule has 0 aliphatic carbocycles. The van der Waals surface area contributed by atoms with E-state index in [9.17, 15) is 0 Å². The summed E-state index contributed by atoms with van der Waals surface area (Å²) in [6.45, 7) is 0. The molecule has 6 N–H and O–H groups in total. The van der Waals surface area contributed by atoms with Crippen molar-refractivity contribution in [3.8, 4) is 0 Å². The van der Waals surface area contributed by atoms with E-state index in [4.69, 9.17) is 19.2 Å². The molecule has 10 heavy (non-hydrogen) atoms. The van der Waals surface area contributed by atoms with Crippen LogP contribution in [0.2, 0.25) is 0 Å². The minimum Gasteiger partial charge on any atom is -1.00 e. The van der Waals surface area contributed by atoms with Crippen LogP contribution in [0.15, 0.2) is 0 Å². The van der Waals surface area contributed by atoms with E-state index in [0.29, 0.717) is 0 Å². The van der Waals surface area contributed by atoms with Crippen LogP contribution >= 0.6 is 0 Å². The van der Waals surface area contributed by atoms with Gasteiger partial charge in [-0.15, -0.1) is 0 Å². The quantitative estimate of drug-likeness (QED) is 0.300. The molecule has 0 heterocycles. The summed E-state index contributed by atoms with van der Waals surface area (Å²) < 4.78 is 0. The zero-order valence-corrected chi connectivity index (χ0v) is 6.49. The molecule has 0 aromatic carbocycles. The molecule has 61 valence electrons. The molecule has 5 nitrogen and oxygen atoms in total. The fraction of sp³-hybridized carbons (Fsp3) is 0. The predicted molar refractivity (Wildman–Crippen MR) is 53.2 cm³/mol. The van der Waals surface area contributed by atoms with Gasteiger partial charge in [0, 0.05) is 8.41 Å². The van der Waals surface area contributed by atoms with Crippen molar-refractivity contribution in [2.45, 2.75) is 0 Å². The van der Waals surface area contributed by atoms with Crippen LogP contribution < -0.4 is 0 Å². The molecular weight excluding hydrogens is 198 g/mol. The topological polar surface area (TPSA) is 112 Å². The van der Waals surface area contributed by atoms with Crippen molar-refractivity contribution in [3.05, 3.63) is 0 Å². The first-order valence-electron chi connectivity index (χ1n) is 0.894. The van der Waals surface area contributed by atoms with E-state index >= 15 is 0 Å². The third kappa shape index (κ3) is 278. The second-order valence-electron chi connectivity index (χ2n) is 0.600. The average Bonchev–Trinajstić information content (AvgIpc) is 0.722. The van der Waals surface area contributed by atoms with E-state index < -0.39 is 9.05 Å². The summed E-state index contributed by atoms with van der Waals surface area (Å²) in [6, 6.07) is 0. The fourth-order valence-electron chi connectivity index (χ4n) is 0. The van der Waals surface area contributed by atoms with Gasteiger partial charge in [0.05, 0.1) is 0 Å².